The molecule has 0 radical (unpaired) electrons. The van der Waals surface area contributed by atoms with Crippen molar-refractivity contribution in [3.05, 3.63) is 69.7 Å². The van der Waals surface area contributed by atoms with Gasteiger partial charge in [-0.1, -0.05) is 33.6 Å². The number of aliphatic imine (C=N–C) groups is 1. The van der Waals surface area contributed by atoms with Gasteiger partial charge in [0.15, 0.2) is 17.1 Å². The number of aromatic nitrogens is 1. The minimum Gasteiger partial charge on any atom is -0.504 e. The number of rotatable bonds is 5. The zero-order valence-electron chi connectivity index (χ0n) is 16.9. The van der Waals surface area contributed by atoms with Crippen molar-refractivity contribution in [2.75, 3.05) is 6.61 Å². The molecule has 4 aromatic rings. The molecule has 0 atom stereocenters. The van der Waals surface area contributed by atoms with Gasteiger partial charge in [-0.3, -0.25) is 4.99 Å². The van der Waals surface area contributed by atoms with E-state index in [9.17, 15) is 5.11 Å². The fourth-order valence-corrected chi connectivity index (χ4v) is 3.72. The smallest absolute Gasteiger partial charge is 0.227 e. The van der Waals surface area contributed by atoms with Gasteiger partial charge in [0.2, 0.25) is 5.89 Å². The van der Waals surface area contributed by atoms with Crippen molar-refractivity contribution in [3.63, 3.8) is 0 Å². The first-order valence-corrected chi connectivity index (χ1v) is 10.4. The summed E-state index contributed by atoms with van der Waals surface area (Å²) in [5.74, 6) is 1.07. The number of hydrogen-bond donors (Lipinski definition) is 1. The second-order valence-electron chi connectivity index (χ2n) is 7.02. The molecule has 0 fully saturated rings. The Kier molecular flexibility index (Phi) is 5.59. The van der Waals surface area contributed by atoms with Crippen LogP contribution in [0, 0.1) is 13.8 Å². The number of phenolic OH excluding ortho intramolecular Hbond substituents is 1. The molecule has 1 heterocycles. The molecule has 1 aromatic heterocycles. The van der Waals surface area contributed by atoms with E-state index in [2.05, 4.69) is 38.9 Å². The van der Waals surface area contributed by atoms with Gasteiger partial charge in [0.25, 0.3) is 0 Å². The van der Waals surface area contributed by atoms with Gasteiger partial charge in [0, 0.05) is 21.8 Å². The summed E-state index contributed by atoms with van der Waals surface area (Å²) in [4.78, 5) is 9.14. The Labute approximate surface area is 183 Å². The van der Waals surface area contributed by atoms with Gasteiger partial charge in [-0.25, -0.2) is 4.98 Å². The lowest BCUT2D eigenvalue weighted by atomic mass is 10.1. The molecule has 3 aromatic carbocycles. The summed E-state index contributed by atoms with van der Waals surface area (Å²) in [6.45, 7) is 6.45. The molecule has 0 amide bonds. The van der Waals surface area contributed by atoms with Gasteiger partial charge in [0.1, 0.15) is 5.52 Å². The second-order valence-corrected chi connectivity index (χ2v) is 7.94. The van der Waals surface area contributed by atoms with E-state index in [1.54, 1.807) is 18.3 Å². The van der Waals surface area contributed by atoms with Crippen LogP contribution in [0.2, 0.25) is 0 Å². The van der Waals surface area contributed by atoms with E-state index < -0.39 is 0 Å². The van der Waals surface area contributed by atoms with E-state index in [1.807, 2.05) is 44.2 Å². The normalized spacial score (nSPS) is 11.5. The average Bonchev–Trinajstić information content (AvgIpc) is 3.12. The minimum absolute atomic E-state index is 0.0587. The van der Waals surface area contributed by atoms with E-state index in [4.69, 9.17) is 9.15 Å². The lowest BCUT2D eigenvalue weighted by molar-refractivity contribution is 0.317. The number of oxazole rings is 1. The average molecular weight is 465 g/mol. The van der Waals surface area contributed by atoms with Gasteiger partial charge in [0.05, 0.1) is 12.3 Å². The quantitative estimate of drug-likeness (QED) is 0.332. The Hall–Kier alpha value is -3.12. The summed E-state index contributed by atoms with van der Waals surface area (Å²) in [5, 5.41) is 10.4. The number of halogens is 1. The Balaban J connectivity index is 1.66. The molecule has 0 saturated heterocycles. The van der Waals surface area contributed by atoms with E-state index in [-0.39, 0.29) is 5.75 Å². The van der Waals surface area contributed by atoms with Crippen molar-refractivity contribution < 1.29 is 14.3 Å². The molecule has 1 N–H and O–H groups in total. The summed E-state index contributed by atoms with van der Waals surface area (Å²) in [7, 11) is 0. The number of hydrogen-bond acceptors (Lipinski definition) is 5. The maximum Gasteiger partial charge on any atom is 0.227 e. The topological polar surface area (TPSA) is 67.9 Å². The highest BCUT2D eigenvalue weighted by molar-refractivity contribution is 9.10. The van der Waals surface area contributed by atoms with Crippen LogP contribution in [-0.4, -0.2) is 22.9 Å². The molecule has 30 heavy (non-hydrogen) atoms. The molecule has 0 unspecified atom stereocenters. The van der Waals surface area contributed by atoms with Crippen molar-refractivity contribution in [3.8, 4) is 23.0 Å². The fourth-order valence-electron chi connectivity index (χ4n) is 3.27. The molecule has 0 spiro atoms. The molecular formula is C24H21BrN2O3. The van der Waals surface area contributed by atoms with Crippen LogP contribution in [0.5, 0.6) is 11.5 Å². The van der Waals surface area contributed by atoms with Crippen molar-refractivity contribution >= 4 is 38.9 Å². The van der Waals surface area contributed by atoms with Crippen molar-refractivity contribution in [1.82, 2.24) is 4.98 Å². The molecule has 4 rings (SSSR count). The fraction of sp³-hybridized carbons (Fsp3) is 0.167. The Morgan fingerprint density at radius 3 is 2.73 bits per heavy atom. The van der Waals surface area contributed by atoms with Crippen LogP contribution < -0.4 is 4.74 Å². The largest absolute Gasteiger partial charge is 0.504 e. The Morgan fingerprint density at radius 2 is 1.97 bits per heavy atom. The molecule has 0 aliphatic heterocycles. The van der Waals surface area contributed by atoms with Gasteiger partial charge < -0.3 is 14.3 Å². The zero-order chi connectivity index (χ0) is 21.3. The molecule has 0 aliphatic carbocycles. The molecular weight excluding hydrogens is 444 g/mol. The summed E-state index contributed by atoms with van der Waals surface area (Å²) in [5.41, 5.74) is 6.00. The van der Waals surface area contributed by atoms with E-state index in [0.29, 0.717) is 35.1 Å². The van der Waals surface area contributed by atoms with Gasteiger partial charge >= 0.3 is 0 Å². The first-order valence-electron chi connectivity index (χ1n) is 9.62. The Bertz CT molecular complexity index is 1260. The summed E-state index contributed by atoms with van der Waals surface area (Å²) >= 11 is 3.44. The SMILES string of the molecule is CCOc1cc(Br)cc(C=Nc2ccc3oc(-c4ccc(C)cc4C)nc3c2)c1O. The monoisotopic (exact) mass is 464 g/mol. The predicted molar refractivity (Wildman–Crippen MR) is 123 cm³/mol. The highest BCUT2D eigenvalue weighted by Gasteiger charge is 2.12. The van der Waals surface area contributed by atoms with Crippen molar-refractivity contribution in [1.29, 1.82) is 0 Å². The molecule has 0 saturated carbocycles. The number of benzene rings is 3. The van der Waals surface area contributed by atoms with Gasteiger partial charge in [-0.2, -0.15) is 0 Å². The molecule has 0 aliphatic rings. The number of aryl methyl sites for hydroxylation is 2. The highest BCUT2D eigenvalue weighted by Crippen LogP contribution is 2.34. The van der Waals surface area contributed by atoms with Crippen LogP contribution in [0.3, 0.4) is 0 Å². The lowest BCUT2D eigenvalue weighted by Gasteiger charge is -2.08. The van der Waals surface area contributed by atoms with Crippen LogP contribution in [-0.2, 0) is 0 Å². The summed E-state index contributed by atoms with van der Waals surface area (Å²) in [6, 6.07) is 15.3. The van der Waals surface area contributed by atoms with Crippen LogP contribution in [0.4, 0.5) is 5.69 Å². The maximum absolute atomic E-state index is 10.4. The number of phenols is 1. The van der Waals surface area contributed by atoms with E-state index in [0.717, 1.165) is 21.1 Å². The molecule has 0 bridgehead atoms. The molecule has 152 valence electrons. The number of aromatic hydroxyl groups is 1. The second kappa shape index (κ2) is 8.32. The van der Waals surface area contributed by atoms with Crippen LogP contribution >= 0.6 is 15.9 Å². The Morgan fingerprint density at radius 1 is 1.13 bits per heavy atom. The first-order chi connectivity index (χ1) is 14.4. The summed E-state index contributed by atoms with van der Waals surface area (Å²) in [6.07, 6.45) is 1.61. The molecule has 6 heteroatoms. The standard InChI is InChI=1S/C24H21BrN2O3/c1-4-29-22-11-17(25)10-16(23(22)28)13-26-18-6-8-21-20(12-18)27-24(30-21)19-7-5-14(2)9-15(19)3/h5-13,28H,4H2,1-3H3. The lowest BCUT2D eigenvalue weighted by Crippen LogP contribution is -1.94. The van der Waals surface area contributed by atoms with Gasteiger partial charge in [-0.05, 0) is 62.7 Å². The van der Waals surface area contributed by atoms with Crippen LogP contribution in [0.15, 0.2) is 62.4 Å². The number of nitrogens with zero attached hydrogens (tertiary/aromatic N) is 2. The highest BCUT2D eigenvalue weighted by atomic mass is 79.9. The van der Waals surface area contributed by atoms with E-state index >= 15 is 0 Å². The first kappa shape index (κ1) is 20.2. The van der Waals surface area contributed by atoms with E-state index in [1.165, 1.54) is 5.56 Å². The van der Waals surface area contributed by atoms with Gasteiger partial charge in [-0.15, -0.1) is 0 Å². The van der Waals surface area contributed by atoms with Crippen LogP contribution in [0.1, 0.15) is 23.6 Å². The summed E-state index contributed by atoms with van der Waals surface area (Å²) < 4.78 is 12.2. The predicted octanol–water partition coefficient (Wildman–Crippen LogP) is 6.73. The molecule has 5 nitrogen and oxygen atoms in total. The number of fused-ring (bicyclic) bond motifs is 1. The number of ether oxygens (including phenoxy) is 1. The minimum atomic E-state index is 0.0587. The third-order valence-electron chi connectivity index (χ3n) is 4.71. The third-order valence-corrected chi connectivity index (χ3v) is 5.16. The van der Waals surface area contributed by atoms with Crippen LogP contribution in [0.25, 0.3) is 22.6 Å². The maximum atomic E-state index is 10.4. The zero-order valence-corrected chi connectivity index (χ0v) is 18.5. The third kappa shape index (κ3) is 4.09. The van der Waals surface area contributed by atoms with Crippen molar-refractivity contribution in [2.24, 2.45) is 4.99 Å². The van der Waals surface area contributed by atoms with Crippen molar-refractivity contribution in [2.45, 2.75) is 20.8 Å².